The molecule has 0 bridgehead atoms. The Bertz CT molecular complexity index is 303. The zero-order valence-corrected chi connectivity index (χ0v) is 7.62. The molecule has 70 valence electrons. The van der Waals surface area contributed by atoms with Gasteiger partial charge in [0.05, 0.1) is 0 Å². The fourth-order valence-corrected chi connectivity index (χ4v) is 0.831. The molecular formula is C10H11FNO-. The SMILES string of the molecule is CN(C)/C([O-])=C/c1ccc(F)cc1. The maximum atomic E-state index is 12.5. The van der Waals surface area contributed by atoms with Crippen molar-refractivity contribution in [1.82, 2.24) is 4.90 Å². The van der Waals surface area contributed by atoms with Crippen LogP contribution in [0.3, 0.4) is 0 Å². The Morgan fingerprint density at radius 3 is 2.31 bits per heavy atom. The number of hydrogen-bond donors (Lipinski definition) is 0. The molecule has 0 spiro atoms. The van der Waals surface area contributed by atoms with E-state index in [1.165, 1.54) is 23.1 Å². The summed E-state index contributed by atoms with van der Waals surface area (Å²) in [5.74, 6) is -0.402. The van der Waals surface area contributed by atoms with Crippen LogP contribution in [0.4, 0.5) is 4.39 Å². The van der Waals surface area contributed by atoms with Crippen molar-refractivity contribution in [3.05, 3.63) is 41.5 Å². The Hall–Kier alpha value is -1.51. The van der Waals surface area contributed by atoms with Crippen LogP contribution in [0, 0.1) is 5.82 Å². The second kappa shape index (κ2) is 3.94. The van der Waals surface area contributed by atoms with Crippen molar-refractivity contribution in [3.63, 3.8) is 0 Å². The van der Waals surface area contributed by atoms with Gasteiger partial charge in [0.2, 0.25) is 0 Å². The van der Waals surface area contributed by atoms with Gasteiger partial charge in [0, 0.05) is 14.1 Å². The van der Waals surface area contributed by atoms with E-state index in [-0.39, 0.29) is 11.7 Å². The highest BCUT2D eigenvalue weighted by Gasteiger charge is 1.90. The summed E-state index contributed by atoms with van der Waals surface area (Å²) in [7, 11) is 3.34. The van der Waals surface area contributed by atoms with Crippen LogP contribution < -0.4 is 5.11 Å². The monoisotopic (exact) mass is 180 g/mol. The van der Waals surface area contributed by atoms with Crippen LogP contribution in [0.15, 0.2) is 30.1 Å². The number of nitrogens with zero attached hydrogens (tertiary/aromatic N) is 1. The van der Waals surface area contributed by atoms with E-state index in [1.54, 1.807) is 26.2 Å². The van der Waals surface area contributed by atoms with Crippen molar-refractivity contribution in [3.8, 4) is 0 Å². The van der Waals surface area contributed by atoms with Crippen LogP contribution in [0.25, 0.3) is 6.08 Å². The van der Waals surface area contributed by atoms with Crippen LogP contribution in [-0.2, 0) is 0 Å². The second-order valence-electron chi connectivity index (χ2n) is 2.93. The Balaban J connectivity index is 2.85. The van der Waals surface area contributed by atoms with Crippen molar-refractivity contribution in [2.75, 3.05) is 14.1 Å². The first-order valence-corrected chi connectivity index (χ1v) is 3.91. The van der Waals surface area contributed by atoms with Gasteiger partial charge in [-0.25, -0.2) is 4.39 Å². The molecule has 13 heavy (non-hydrogen) atoms. The van der Waals surface area contributed by atoms with Gasteiger partial charge in [0.25, 0.3) is 0 Å². The maximum absolute atomic E-state index is 12.5. The molecule has 0 fully saturated rings. The smallest absolute Gasteiger partial charge is 0.123 e. The molecule has 0 aliphatic rings. The standard InChI is InChI=1S/C10H12FNO/c1-12(2)10(13)7-8-3-5-9(11)6-4-8/h3-7,13H,1-2H3/p-1/b10-7-. The van der Waals surface area contributed by atoms with E-state index in [0.29, 0.717) is 5.56 Å². The highest BCUT2D eigenvalue weighted by atomic mass is 19.1. The van der Waals surface area contributed by atoms with E-state index in [9.17, 15) is 9.50 Å². The first kappa shape index (κ1) is 9.58. The lowest BCUT2D eigenvalue weighted by atomic mass is 10.2. The third-order valence-electron chi connectivity index (χ3n) is 1.60. The van der Waals surface area contributed by atoms with Gasteiger partial charge < -0.3 is 10.0 Å². The first-order valence-electron chi connectivity index (χ1n) is 3.91. The highest BCUT2D eigenvalue weighted by molar-refractivity contribution is 5.49. The zero-order chi connectivity index (χ0) is 9.84. The average Bonchev–Trinajstić information content (AvgIpc) is 2.08. The molecule has 0 aliphatic carbocycles. The molecule has 0 radical (unpaired) electrons. The maximum Gasteiger partial charge on any atom is 0.123 e. The lowest BCUT2D eigenvalue weighted by Crippen LogP contribution is -2.21. The van der Waals surface area contributed by atoms with Crippen molar-refractivity contribution in [2.24, 2.45) is 0 Å². The van der Waals surface area contributed by atoms with Gasteiger partial charge in [-0.05, 0) is 29.7 Å². The molecule has 2 nitrogen and oxygen atoms in total. The minimum absolute atomic E-state index is 0.105. The third kappa shape index (κ3) is 2.78. The third-order valence-corrected chi connectivity index (χ3v) is 1.60. The topological polar surface area (TPSA) is 26.3 Å². The van der Waals surface area contributed by atoms with Crippen LogP contribution in [0.5, 0.6) is 0 Å². The van der Waals surface area contributed by atoms with Crippen LogP contribution >= 0.6 is 0 Å². The van der Waals surface area contributed by atoms with E-state index in [0.717, 1.165) is 0 Å². The van der Waals surface area contributed by atoms with Gasteiger partial charge in [-0.1, -0.05) is 12.1 Å². The first-order chi connectivity index (χ1) is 6.09. The van der Waals surface area contributed by atoms with Crippen molar-refractivity contribution in [2.45, 2.75) is 0 Å². The molecule has 0 heterocycles. The molecule has 0 aliphatic heterocycles. The van der Waals surface area contributed by atoms with Gasteiger partial charge in [-0.3, -0.25) is 0 Å². The van der Waals surface area contributed by atoms with E-state index in [2.05, 4.69) is 0 Å². The van der Waals surface area contributed by atoms with E-state index in [1.807, 2.05) is 0 Å². The molecule has 3 heteroatoms. The normalized spacial score (nSPS) is 11.5. The number of halogens is 1. The fraction of sp³-hybridized carbons (Fsp3) is 0.200. The summed E-state index contributed by atoms with van der Waals surface area (Å²) in [6, 6.07) is 5.79. The lowest BCUT2D eigenvalue weighted by Gasteiger charge is -2.21. The minimum atomic E-state index is -0.297. The summed E-state index contributed by atoms with van der Waals surface area (Å²) in [5, 5.41) is 11.2. The van der Waals surface area contributed by atoms with Gasteiger partial charge in [0.15, 0.2) is 0 Å². The van der Waals surface area contributed by atoms with Gasteiger partial charge in [0.1, 0.15) is 5.82 Å². The molecule has 1 aromatic carbocycles. The molecular weight excluding hydrogens is 169 g/mol. The molecule has 0 unspecified atom stereocenters. The van der Waals surface area contributed by atoms with Crippen LogP contribution in [0.2, 0.25) is 0 Å². The summed E-state index contributed by atoms with van der Waals surface area (Å²) in [4.78, 5) is 1.46. The molecule has 1 aromatic rings. The van der Waals surface area contributed by atoms with E-state index < -0.39 is 0 Å². The lowest BCUT2D eigenvalue weighted by molar-refractivity contribution is -0.326. The summed E-state index contributed by atoms with van der Waals surface area (Å²) in [6.07, 6.45) is 1.46. The number of rotatable bonds is 2. The second-order valence-corrected chi connectivity index (χ2v) is 2.93. The Kier molecular flexibility index (Phi) is 2.90. The zero-order valence-electron chi connectivity index (χ0n) is 7.62. The van der Waals surface area contributed by atoms with Crippen molar-refractivity contribution < 1.29 is 9.50 Å². The molecule has 1 rings (SSSR count). The van der Waals surface area contributed by atoms with Crippen LogP contribution in [0.1, 0.15) is 5.56 Å². The molecule has 0 aromatic heterocycles. The summed E-state index contributed by atoms with van der Waals surface area (Å²) in [5.41, 5.74) is 0.708. The minimum Gasteiger partial charge on any atom is -0.860 e. The predicted octanol–water partition coefficient (Wildman–Crippen LogP) is 1.05. The van der Waals surface area contributed by atoms with Crippen LogP contribution in [-0.4, -0.2) is 19.0 Å². The Morgan fingerprint density at radius 2 is 1.85 bits per heavy atom. The Labute approximate surface area is 76.9 Å². The average molecular weight is 180 g/mol. The largest absolute Gasteiger partial charge is 0.860 e. The summed E-state index contributed by atoms with van der Waals surface area (Å²) >= 11 is 0. The van der Waals surface area contributed by atoms with E-state index in [4.69, 9.17) is 0 Å². The van der Waals surface area contributed by atoms with Crippen molar-refractivity contribution in [1.29, 1.82) is 0 Å². The molecule has 0 saturated carbocycles. The fourth-order valence-electron chi connectivity index (χ4n) is 0.831. The summed E-state index contributed by atoms with van der Waals surface area (Å²) < 4.78 is 12.5. The molecule has 0 amide bonds. The van der Waals surface area contributed by atoms with Gasteiger partial charge in [-0.2, -0.15) is 0 Å². The highest BCUT2D eigenvalue weighted by Crippen LogP contribution is 2.06. The Morgan fingerprint density at radius 1 is 1.31 bits per heavy atom. The van der Waals surface area contributed by atoms with Gasteiger partial charge in [-0.15, -0.1) is 0 Å². The number of benzene rings is 1. The van der Waals surface area contributed by atoms with Gasteiger partial charge >= 0.3 is 0 Å². The molecule has 0 saturated heterocycles. The number of hydrogen-bond acceptors (Lipinski definition) is 2. The van der Waals surface area contributed by atoms with Crippen molar-refractivity contribution >= 4 is 6.08 Å². The quantitative estimate of drug-likeness (QED) is 0.636. The predicted molar refractivity (Wildman–Crippen MR) is 48.1 cm³/mol. The molecule has 0 N–H and O–H groups in total. The summed E-state index contributed by atoms with van der Waals surface area (Å²) in [6.45, 7) is 0. The molecule has 0 atom stereocenters. The van der Waals surface area contributed by atoms with E-state index >= 15 is 0 Å².